The Morgan fingerprint density at radius 2 is 2.09 bits per heavy atom. The van der Waals surface area contributed by atoms with E-state index in [1.807, 2.05) is 19.1 Å². The third-order valence-electron chi connectivity index (χ3n) is 3.75. The SMILES string of the molecule is CCOC(=O)N1CCC(c2nc(-c3ccncc3)no2)CC1. The van der Waals surface area contributed by atoms with Crippen LogP contribution in [0.5, 0.6) is 0 Å². The Labute approximate surface area is 128 Å². The van der Waals surface area contributed by atoms with Gasteiger partial charge in [0.25, 0.3) is 0 Å². The summed E-state index contributed by atoms with van der Waals surface area (Å²) in [4.78, 5) is 21.8. The molecule has 7 nitrogen and oxygen atoms in total. The lowest BCUT2D eigenvalue weighted by molar-refractivity contribution is 0.0949. The Bertz CT molecular complexity index is 621. The van der Waals surface area contributed by atoms with Gasteiger partial charge in [-0.15, -0.1) is 0 Å². The molecule has 0 radical (unpaired) electrons. The summed E-state index contributed by atoms with van der Waals surface area (Å²) in [5.74, 6) is 1.40. The fourth-order valence-electron chi connectivity index (χ4n) is 2.54. The van der Waals surface area contributed by atoms with Crippen molar-refractivity contribution < 1.29 is 14.1 Å². The molecule has 7 heteroatoms. The van der Waals surface area contributed by atoms with Crippen LogP contribution in [-0.2, 0) is 4.74 Å². The van der Waals surface area contributed by atoms with Crippen LogP contribution in [0.2, 0.25) is 0 Å². The molecule has 0 aromatic carbocycles. The van der Waals surface area contributed by atoms with Gasteiger partial charge in [0.15, 0.2) is 0 Å². The number of hydrogen-bond donors (Lipinski definition) is 0. The molecule has 22 heavy (non-hydrogen) atoms. The van der Waals surface area contributed by atoms with Crippen LogP contribution in [0.3, 0.4) is 0 Å². The lowest BCUT2D eigenvalue weighted by atomic mass is 9.97. The maximum atomic E-state index is 11.7. The third kappa shape index (κ3) is 3.08. The summed E-state index contributed by atoms with van der Waals surface area (Å²) in [5.41, 5.74) is 0.883. The second-order valence-electron chi connectivity index (χ2n) is 5.15. The number of likely N-dealkylation sites (tertiary alicyclic amines) is 1. The van der Waals surface area contributed by atoms with Crippen molar-refractivity contribution in [3.8, 4) is 11.4 Å². The molecule has 3 rings (SSSR count). The van der Waals surface area contributed by atoms with Gasteiger partial charge in [-0.2, -0.15) is 4.98 Å². The Kier molecular flexibility index (Phi) is 4.32. The van der Waals surface area contributed by atoms with Crippen molar-refractivity contribution in [1.82, 2.24) is 20.0 Å². The molecule has 3 heterocycles. The monoisotopic (exact) mass is 302 g/mol. The van der Waals surface area contributed by atoms with Crippen molar-refractivity contribution in [1.29, 1.82) is 0 Å². The highest BCUT2D eigenvalue weighted by molar-refractivity contribution is 5.67. The molecule has 0 saturated carbocycles. The third-order valence-corrected chi connectivity index (χ3v) is 3.75. The lowest BCUT2D eigenvalue weighted by Gasteiger charge is -2.29. The highest BCUT2D eigenvalue weighted by Gasteiger charge is 2.28. The predicted octanol–water partition coefficient (Wildman–Crippen LogP) is 2.47. The van der Waals surface area contributed by atoms with Crippen molar-refractivity contribution in [2.45, 2.75) is 25.7 Å². The van der Waals surface area contributed by atoms with E-state index in [4.69, 9.17) is 9.26 Å². The van der Waals surface area contributed by atoms with E-state index in [0.29, 0.717) is 31.4 Å². The molecular weight excluding hydrogens is 284 g/mol. The standard InChI is InChI=1S/C15H18N4O3/c1-2-21-15(20)19-9-5-12(6-10-19)14-17-13(18-22-14)11-3-7-16-8-4-11/h3-4,7-8,12H,2,5-6,9-10H2,1H3. The van der Waals surface area contributed by atoms with Crippen molar-refractivity contribution >= 4 is 6.09 Å². The fraction of sp³-hybridized carbons (Fsp3) is 0.467. The summed E-state index contributed by atoms with van der Waals surface area (Å²) in [6, 6.07) is 3.69. The van der Waals surface area contributed by atoms with Gasteiger partial charge in [-0.3, -0.25) is 4.98 Å². The van der Waals surface area contributed by atoms with Crippen LogP contribution in [0.25, 0.3) is 11.4 Å². The van der Waals surface area contributed by atoms with Gasteiger partial charge in [-0.1, -0.05) is 5.16 Å². The predicted molar refractivity (Wildman–Crippen MR) is 78.1 cm³/mol. The summed E-state index contributed by atoms with van der Waals surface area (Å²) in [6.07, 6.45) is 4.75. The molecule has 1 saturated heterocycles. The van der Waals surface area contributed by atoms with E-state index < -0.39 is 0 Å². The minimum Gasteiger partial charge on any atom is -0.450 e. The molecular formula is C15H18N4O3. The molecule has 0 spiro atoms. The smallest absolute Gasteiger partial charge is 0.409 e. The van der Waals surface area contributed by atoms with Crippen molar-refractivity contribution in [2.75, 3.05) is 19.7 Å². The molecule has 0 N–H and O–H groups in total. The molecule has 1 amide bonds. The largest absolute Gasteiger partial charge is 0.450 e. The topological polar surface area (TPSA) is 81.4 Å². The second kappa shape index (κ2) is 6.55. The first kappa shape index (κ1) is 14.5. The number of carbonyl (C=O) groups excluding carboxylic acids is 1. The van der Waals surface area contributed by atoms with Gasteiger partial charge < -0.3 is 14.2 Å². The van der Waals surface area contributed by atoms with Gasteiger partial charge in [0.05, 0.1) is 6.61 Å². The van der Waals surface area contributed by atoms with Gasteiger partial charge in [-0.05, 0) is 31.9 Å². The van der Waals surface area contributed by atoms with Crippen LogP contribution < -0.4 is 0 Å². The molecule has 0 aliphatic carbocycles. The molecule has 1 aliphatic heterocycles. The van der Waals surface area contributed by atoms with Crippen LogP contribution in [0.15, 0.2) is 29.0 Å². The first-order valence-electron chi connectivity index (χ1n) is 7.43. The number of nitrogens with zero attached hydrogens (tertiary/aromatic N) is 4. The lowest BCUT2D eigenvalue weighted by Crippen LogP contribution is -2.38. The van der Waals surface area contributed by atoms with Gasteiger partial charge in [0, 0.05) is 37.0 Å². The number of hydrogen-bond acceptors (Lipinski definition) is 6. The molecule has 0 atom stereocenters. The van der Waals surface area contributed by atoms with Crippen molar-refractivity contribution in [3.63, 3.8) is 0 Å². The van der Waals surface area contributed by atoms with E-state index in [1.165, 1.54) is 0 Å². The Morgan fingerprint density at radius 1 is 1.36 bits per heavy atom. The zero-order valence-corrected chi connectivity index (χ0v) is 12.4. The molecule has 2 aromatic heterocycles. The number of carbonyl (C=O) groups is 1. The summed E-state index contributed by atoms with van der Waals surface area (Å²) >= 11 is 0. The summed E-state index contributed by atoms with van der Waals surface area (Å²) in [7, 11) is 0. The maximum Gasteiger partial charge on any atom is 0.409 e. The van der Waals surface area contributed by atoms with E-state index in [9.17, 15) is 4.79 Å². The first-order valence-corrected chi connectivity index (χ1v) is 7.43. The van der Waals surface area contributed by atoms with Crippen LogP contribution in [0, 0.1) is 0 Å². The highest BCUT2D eigenvalue weighted by Crippen LogP contribution is 2.28. The summed E-state index contributed by atoms with van der Waals surface area (Å²) in [6.45, 7) is 3.51. The average Bonchev–Trinajstić information content (AvgIpc) is 3.06. The van der Waals surface area contributed by atoms with E-state index in [1.54, 1.807) is 17.3 Å². The van der Waals surface area contributed by atoms with Crippen LogP contribution in [-0.4, -0.2) is 45.8 Å². The van der Waals surface area contributed by atoms with Gasteiger partial charge in [-0.25, -0.2) is 4.79 Å². The van der Waals surface area contributed by atoms with E-state index in [2.05, 4.69) is 15.1 Å². The van der Waals surface area contributed by atoms with Crippen molar-refractivity contribution in [2.24, 2.45) is 0 Å². The number of piperidine rings is 1. The number of aromatic nitrogens is 3. The van der Waals surface area contributed by atoms with Gasteiger partial charge >= 0.3 is 6.09 Å². The Morgan fingerprint density at radius 3 is 2.77 bits per heavy atom. The number of pyridine rings is 1. The van der Waals surface area contributed by atoms with Gasteiger partial charge in [0.2, 0.25) is 11.7 Å². The summed E-state index contributed by atoms with van der Waals surface area (Å²) in [5, 5.41) is 4.03. The molecule has 0 bridgehead atoms. The number of rotatable bonds is 3. The van der Waals surface area contributed by atoms with E-state index in [-0.39, 0.29) is 12.0 Å². The normalized spacial score (nSPS) is 15.8. The highest BCUT2D eigenvalue weighted by atomic mass is 16.6. The molecule has 1 fully saturated rings. The van der Waals surface area contributed by atoms with E-state index in [0.717, 1.165) is 18.4 Å². The van der Waals surface area contributed by atoms with Gasteiger partial charge in [0.1, 0.15) is 0 Å². The van der Waals surface area contributed by atoms with Crippen LogP contribution in [0.4, 0.5) is 4.79 Å². The Balaban J connectivity index is 1.63. The Hall–Kier alpha value is -2.44. The minimum absolute atomic E-state index is 0.189. The summed E-state index contributed by atoms with van der Waals surface area (Å²) < 4.78 is 10.4. The van der Waals surface area contributed by atoms with E-state index >= 15 is 0 Å². The average molecular weight is 302 g/mol. The fourth-order valence-corrected chi connectivity index (χ4v) is 2.54. The number of amides is 1. The zero-order chi connectivity index (χ0) is 15.4. The number of ether oxygens (including phenoxy) is 1. The minimum atomic E-state index is -0.246. The maximum absolute atomic E-state index is 11.7. The molecule has 2 aromatic rings. The zero-order valence-electron chi connectivity index (χ0n) is 12.4. The second-order valence-corrected chi connectivity index (χ2v) is 5.15. The van der Waals surface area contributed by atoms with Crippen LogP contribution in [0.1, 0.15) is 31.6 Å². The first-order chi connectivity index (χ1) is 10.8. The van der Waals surface area contributed by atoms with Crippen molar-refractivity contribution in [3.05, 3.63) is 30.4 Å². The van der Waals surface area contributed by atoms with Crippen LogP contribution >= 0.6 is 0 Å². The quantitative estimate of drug-likeness (QED) is 0.866. The molecule has 116 valence electrons. The molecule has 0 unspecified atom stereocenters. The molecule has 1 aliphatic rings.